The minimum absolute atomic E-state index is 0.0457. The number of nitrogens with zero attached hydrogens (tertiary/aromatic N) is 1. The lowest BCUT2D eigenvalue weighted by Crippen LogP contribution is -2.37. The van der Waals surface area contributed by atoms with Crippen LogP contribution < -0.4 is 9.64 Å². The number of hydrogen-bond acceptors (Lipinski definition) is 2. The van der Waals surface area contributed by atoms with Gasteiger partial charge in [-0.3, -0.25) is 4.79 Å². The van der Waals surface area contributed by atoms with Gasteiger partial charge in [0.2, 0.25) is 5.91 Å². The van der Waals surface area contributed by atoms with Gasteiger partial charge in [0.15, 0.2) is 0 Å². The molecule has 0 fully saturated rings. The van der Waals surface area contributed by atoms with E-state index in [-0.39, 0.29) is 12.2 Å². The lowest BCUT2D eigenvalue weighted by atomic mass is 10.0. The minimum atomic E-state index is -4.78. The average molecular weight is 371 g/mol. The van der Waals surface area contributed by atoms with Crippen molar-refractivity contribution in [1.29, 1.82) is 0 Å². The number of rotatable bonds is 4. The molecule has 0 aromatic heterocycles. The molecule has 0 atom stereocenters. The third-order valence-corrected chi connectivity index (χ3v) is 3.88. The first-order valence-electron chi connectivity index (χ1n) is 7.69. The number of carbonyl (C=O) groups excluding carboxylic acids is 1. The highest BCUT2D eigenvalue weighted by Crippen LogP contribution is 2.35. The number of halogens is 5. The Morgan fingerprint density at radius 3 is 2.19 bits per heavy atom. The Morgan fingerprint density at radius 2 is 1.62 bits per heavy atom. The zero-order chi connectivity index (χ0) is 19.1. The van der Waals surface area contributed by atoms with Crippen LogP contribution in [-0.2, 0) is 11.2 Å². The van der Waals surface area contributed by atoms with Crippen LogP contribution in [0.5, 0.6) is 5.75 Å². The topological polar surface area (TPSA) is 29.5 Å². The third kappa shape index (κ3) is 4.12. The molecule has 0 aliphatic carbocycles. The first-order chi connectivity index (χ1) is 12.0. The van der Waals surface area contributed by atoms with Crippen molar-refractivity contribution in [3.8, 4) is 16.9 Å². The van der Waals surface area contributed by atoms with Crippen LogP contribution in [0.2, 0.25) is 0 Å². The molecule has 0 saturated carbocycles. The van der Waals surface area contributed by atoms with Gasteiger partial charge >= 0.3 is 6.36 Å². The van der Waals surface area contributed by atoms with E-state index in [4.69, 9.17) is 0 Å². The Bertz CT molecular complexity index is 825. The second kappa shape index (κ2) is 6.26. The van der Waals surface area contributed by atoms with Crippen molar-refractivity contribution in [2.24, 2.45) is 0 Å². The van der Waals surface area contributed by atoms with Crippen molar-refractivity contribution in [2.75, 3.05) is 11.4 Å². The van der Waals surface area contributed by atoms with Crippen LogP contribution in [0, 0.1) is 0 Å². The lowest BCUT2D eigenvalue weighted by molar-refractivity contribution is -0.274. The van der Waals surface area contributed by atoms with Crippen LogP contribution in [0.25, 0.3) is 11.1 Å². The molecule has 1 heterocycles. The van der Waals surface area contributed by atoms with Crippen LogP contribution in [0.1, 0.15) is 12.5 Å². The zero-order valence-corrected chi connectivity index (χ0v) is 13.6. The summed E-state index contributed by atoms with van der Waals surface area (Å²) < 4.78 is 67.1. The quantitative estimate of drug-likeness (QED) is 0.723. The lowest BCUT2D eigenvalue weighted by Gasteiger charge is -2.22. The highest BCUT2D eigenvalue weighted by molar-refractivity contribution is 6.02. The van der Waals surface area contributed by atoms with Gasteiger partial charge in [-0.15, -0.1) is 13.2 Å². The molecule has 138 valence electrons. The molecule has 0 bridgehead atoms. The predicted molar refractivity (Wildman–Crippen MR) is 85.2 cm³/mol. The molecule has 8 heteroatoms. The molecular weight excluding hydrogens is 357 g/mol. The molecule has 2 aromatic carbocycles. The van der Waals surface area contributed by atoms with Crippen molar-refractivity contribution in [2.45, 2.75) is 25.6 Å². The molecular formula is C18H14F5NO2. The summed E-state index contributed by atoms with van der Waals surface area (Å²) in [6, 6.07) is 10.1. The highest BCUT2D eigenvalue weighted by Gasteiger charge is 2.34. The maximum atomic E-state index is 13.3. The second-order valence-electron chi connectivity index (χ2n) is 6.14. The summed E-state index contributed by atoms with van der Waals surface area (Å²) in [6.45, 7) is 0.0160. The van der Waals surface area contributed by atoms with Crippen molar-refractivity contribution in [3.63, 3.8) is 0 Å². The van der Waals surface area contributed by atoms with Crippen LogP contribution in [-0.4, -0.2) is 24.7 Å². The van der Waals surface area contributed by atoms with Gasteiger partial charge in [0.1, 0.15) is 5.75 Å². The Balaban J connectivity index is 1.88. The zero-order valence-electron chi connectivity index (χ0n) is 13.6. The van der Waals surface area contributed by atoms with E-state index in [1.165, 1.54) is 24.3 Å². The van der Waals surface area contributed by atoms with E-state index in [2.05, 4.69) is 4.74 Å². The summed E-state index contributed by atoms with van der Waals surface area (Å²) in [5, 5.41) is 0. The maximum absolute atomic E-state index is 13.3. The smallest absolute Gasteiger partial charge is 0.406 e. The SMILES string of the molecule is CC(F)(F)CN1C(=O)Cc2ccc(-c3ccc(OC(F)(F)F)cc3)cc21. The van der Waals surface area contributed by atoms with E-state index in [1.807, 2.05) is 0 Å². The molecule has 0 radical (unpaired) electrons. The molecule has 3 rings (SSSR count). The van der Waals surface area contributed by atoms with E-state index in [1.54, 1.807) is 18.2 Å². The summed E-state index contributed by atoms with van der Waals surface area (Å²) in [6.07, 6.45) is -4.73. The normalized spacial score (nSPS) is 14.5. The largest absolute Gasteiger partial charge is 0.573 e. The Morgan fingerprint density at radius 1 is 1.00 bits per heavy atom. The summed E-state index contributed by atoms with van der Waals surface area (Å²) in [7, 11) is 0. The molecule has 1 aliphatic rings. The molecule has 0 spiro atoms. The van der Waals surface area contributed by atoms with E-state index < -0.39 is 24.7 Å². The molecule has 1 aliphatic heterocycles. The number of amides is 1. The van der Waals surface area contributed by atoms with E-state index in [9.17, 15) is 26.7 Å². The maximum Gasteiger partial charge on any atom is 0.573 e. The molecule has 1 amide bonds. The third-order valence-electron chi connectivity index (χ3n) is 3.88. The Labute approximate surface area is 146 Å². The number of hydrogen-bond donors (Lipinski definition) is 0. The highest BCUT2D eigenvalue weighted by atomic mass is 19.4. The van der Waals surface area contributed by atoms with Crippen LogP contribution in [0.3, 0.4) is 0 Å². The molecule has 2 aromatic rings. The van der Waals surface area contributed by atoms with Gasteiger partial charge in [-0.05, 0) is 34.9 Å². The van der Waals surface area contributed by atoms with E-state index >= 15 is 0 Å². The molecule has 0 N–H and O–H groups in total. The van der Waals surface area contributed by atoms with Crippen molar-refractivity contribution >= 4 is 11.6 Å². The predicted octanol–water partition coefficient (Wildman–Crippen LogP) is 4.80. The summed E-state index contributed by atoms with van der Waals surface area (Å²) >= 11 is 0. The van der Waals surface area contributed by atoms with Gasteiger partial charge in [0, 0.05) is 12.6 Å². The fourth-order valence-electron chi connectivity index (χ4n) is 2.84. The first kappa shape index (κ1) is 18.2. The summed E-state index contributed by atoms with van der Waals surface area (Å²) in [4.78, 5) is 13.0. The van der Waals surface area contributed by atoms with Gasteiger partial charge < -0.3 is 9.64 Å². The second-order valence-corrected chi connectivity index (χ2v) is 6.14. The van der Waals surface area contributed by atoms with Gasteiger partial charge in [-0.2, -0.15) is 0 Å². The van der Waals surface area contributed by atoms with Crippen LogP contribution in [0.15, 0.2) is 42.5 Å². The number of fused-ring (bicyclic) bond motifs is 1. The number of benzene rings is 2. The Hall–Kier alpha value is -2.64. The molecule has 3 nitrogen and oxygen atoms in total. The van der Waals surface area contributed by atoms with E-state index in [0.29, 0.717) is 22.4 Å². The number of ether oxygens (including phenoxy) is 1. The van der Waals surface area contributed by atoms with Gasteiger partial charge in [-0.1, -0.05) is 24.3 Å². The van der Waals surface area contributed by atoms with Gasteiger partial charge in [0.05, 0.1) is 13.0 Å². The molecule has 26 heavy (non-hydrogen) atoms. The standard InChI is InChI=1S/C18H14F5NO2/c1-17(19,20)10-24-15-8-12(2-3-13(15)9-16(24)25)11-4-6-14(7-5-11)26-18(21,22)23/h2-8H,9-10H2,1H3. The molecule has 0 saturated heterocycles. The van der Waals surface area contributed by atoms with Crippen molar-refractivity contribution < 1.29 is 31.5 Å². The monoisotopic (exact) mass is 371 g/mol. The van der Waals surface area contributed by atoms with Crippen LogP contribution >= 0.6 is 0 Å². The summed E-state index contributed by atoms with van der Waals surface area (Å²) in [5.41, 5.74) is 2.20. The minimum Gasteiger partial charge on any atom is -0.406 e. The Kier molecular flexibility index (Phi) is 4.37. The fraction of sp³-hybridized carbons (Fsp3) is 0.278. The van der Waals surface area contributed by atoms with Crippen molar-refractivity contribution in [3.05, 3.63) is 48.0 Å². The van der Waals surface area contributed by atoms with Crippen LogP contribution in [0.4, 0.5) is 27.6 Å². The number of alkyl halides is 5. The van der Waals surface area contributed by atoms with Gasteiger partial charge in [0.25, 0.3) is 5.92 Å². The van der Waals surface area contributed by atoms with E-state index in [0.717, 1.165) is 11.8 Å². The number of carbonyl (C=O) groups is 1. The fourth-order valence-corrected chi connectivity index (χ4v) is 2.84. The molecule has 0 unspecified atom stereocenters. The average Bonchev–Trinajstić information content (AvgIpc) is 2.80. The van der Waals surface area contributed by atoms with Crippen molar-refractivity contribution in [1.82, 2.24) is 0 Å². The van der Waals surface area contributed by atoms with Gasteiger partial charge in [-0.25, -0.2) is 8.78 Å². The summed E-state index contributed by atoms with van der Waals surface area (Å²) in [5.74, 6) is -3.80. The number of anilines is 1. The first-order valence-corrected chi connectivity index (χ1v) is 7.69.